The zero-order chi connectivity index (χ0) is 24.9. The molecule has 0 unspecified atom stereocenters. The van der Waals surface area contributed by atoms with Crippen LogP contribution in [0.3, 0.4) is 0 Å². The van der Waals surface area contributed by atoms with Crippen LogP contribution < -0.4 is 10.2 Å². The Hall–Kier alpha value is -4.16. The van der Waals surface area contributed by atoms with Crippen molar-refractivity contribution in [1.82, 2.24) is 9.88 Å². The number of anilines is 1. The molecule has 174 valence electrons. The Kier molecular flexibility index (Phi) is 5.53. The Morgan fingerprint density at radius 1 is 0.829 bits per heavy atom. The number of amides is 4. The number of aromatic nitrogens is 1. The molecule has 0 spiro atoms. The minimum atomic E-state index is -0.807. The molecule has 6 nitrogen and oxygen atoms in total. The number of benzene rings is 3. The summed E-state index contributed by atoms with van der Waals surface area (Å²) in [6.45, 7) is 5.73. The van der Waals surface area contributed by atoms with Gasteiger partial charge in [0.25, 0.3) is 11.8 Å². The van der Waals surface area contributed by atoms with E-state index in [0.29, 0.717) is 16.3 Å². The van der Waals surface area contributed by atoms with E-state index in [0.717, 1.165) is 38.3 Å². The van der Waals surface area contributed by atoms with E-state index in [2.05, 4.69) is 34.1 Å². The van der Waals surface area contributed by atoms with Gasteiger partial charge in [0.2, 0.25) is 0 Å². The van der Waals surface area contributed by atoms with Gasteiger partial charge in [-0.2, -0.15) is 0 Å². The first-order valence-corrected chi connectivity index (χ1v) is 11.5. The monoisotopic (exact) mass is 483 g/mol. The fourth-order valence-electron chi connectivity index (χ4n) is 4.42. The number of rotatable bonds is 3. The Balaban J connectivity index is 1.56. The molecule has 1 N–H and O–H groups in total. The number of hydrogen-bond acceptors (Lipinski definition) is 3. The van der Waals surface area contributed by atoms with Gasteiger partial charge in [0.15, 0.2) is 0 Å². The molecule has 0 radical (unpaired) electrons. The van der Waals surface area contributed by atoms with E-state index in [1.807, 2.05) is 45.0 Å². The summed E-state index contributed by atoms with van der Waals surface area (Å²) in [4.78, 5) is 39.4. The molecule has 5 rings (SSSR count). The molecule has 1 saturated heterocycles. The van der Waals surface area contributed by atoms with E-state index in [4.69, 9.17) is 11.6 Å². The van der Waals surface area contributed by atoms with Crippen LogP contribution in [0.2, 0.25) is 5.02 Å². The fourth-order valence-corrected chi connectivity index (χ4v) is 4.59. The molecular formula is C28H22ClN3O3. The third kappa shape index (κ3) is 3.92. The number of carbonyl (C=O) groups is 3. The van der Waals surface area contributed by atoms with Gasteiger partial charge in [-0.25, -0.2) is 9.69 Å². The van der Waals surface area contributed by atoms with E-state index in [-0.39, 0.29) is 5.57 Å². The molecule has 1 fully saturated rings. The number of nitrogens with one attached hydrogen (secondary N) is 1. The maximum absolute atomic E-state index is 13.3. The molecule has 1 aliphatic rings. The molecule has 0 aliphatic carbocycles. The van der Waals surface area contributed by atoms with Crippen molar-refractivity contribution in [2.45, 2.75) is 20.8 Å². The predicted octanol–water partition coefficient (Wildman–Crippen LogP) is 5.88. The van der Waals surface area contributed by atoms with E-state index < -0.39 is 17.8 Å². The topological polar surface area (TPSA) is 71.4 Å². The number of halogens is 1. The van der Waals surface area contributed by atoms with E-state index in [1.165, 1.54) is 12.1 Å². The number of aryl methyl sites for hydroxylation is 2. The Morgan fingerprint density at radius 3 is 2.29 bits per heavy atom. The van der Waals surface area contributed by atoms with Crippen molar-refractivity contribution < 1.29 is 14.4 Å². The third-order valence-corrected chi connectivity index (χ3v) is 6.68. The summed E-state index contributed by atoms with van der Waals surface area (Å²) in [5, 5.41) is 4.95. The first kappa shape index (κ1) is 22.6. The van der Waals surface area contributed by atoms with Crippen LogP contribution >= 0.6 is 11.6 Å². The van der Waals surface area contributed by atoms with Crippen LogP contribution in [0.5, 0.6) is 0 Å². The number of urea groups is 1. The maximum Gasteiger partial charge on any atom is 0.335 e. The second-order valence-electron chi connectivity index (χ2n) is 8.58. The van der Waals surface area contributed by atoms with Crippen molar-refractivity contribution in [1.29, 1.82) is 0 Å². The van der Waals surface area contributed by atoms with Crippen molar-refractivity contribution in [3.63, 3.8) is 0 Å². The highest BCUT2D eigenvalue weighted by molar-refractivity contribution is 6.39. The second-order valence-corrected chi connectivity index (χ2v) is 8.99. The average Bonchev–Trinajstić information content (AvgIpc) is 3.11. The van der Waals surface area contributed by atoms with Crippen LogP contribution in [0.4, 0.5) is 10.5 Å². The van der Waals surface area contributed by atoms with Gasteiger partial charge >= 0.3 is 6.03 Å². The summed E-state index contributed by atoms with van der Waals surface area (Å²) >= 11 is 6.20. The van der Waals surface area contributed by atoms with E-state index in [9.17, 15) is 14.4 Å². The lowest BCUT2D eigenvalue weighted by Gasteiger charge is -2.26. The van der Waals surface area contributed by atoms with Gasteiger partial charge in [-0.3, -0.25) is 14.9 Å². The molecule has 1 aliphatic heterocycles. The highest BCUT2D eigenvalue weighted by Crippen LogP contribution is 2.29. The van der Waals surface area contributed by atoms with Crippen LogP contribution in [0, 0.1) is 20.8 Å². The molecule has 35 heavy (non-hydrogen) atoms. The molecule has 3 aromatic carbocycles. The zero-order valence-electron chi connectivity index (χ0n) is 19.4. The fraction of sp³-hybridized carbons (Fsp3) is 0.107. The van der Waals surface area contributed by atoms with Gasteiger partial charge in [0.1, 0.15) is 5.57 Å². The van der Waals surface area contributed by atoms with Crippen molar-refractivity contribution in [3.8, 4) is 5.69 Å². The van der Waals surface area contributed by atoms with E-state index in [1.54, 1.807) is 12.1 Å². The minimum Gasteiger partial charge on any atom is -0.318 e. The third-order valence-electron chi connectivity index (χ3n) is 6.28. The Labute approximate surface area is 207 Å². The molecule has 0 bridgehead atoms. The quantitative estimate of drug-likeness (QED) is 0.292. The molecule has 0 atom stereocenters. The van der Waals surface area contributed by atoms with Crippen molar-refractivity contribution >= 4 is 52.0 Å². The number of carbonyl (C=O) groups excluding carboxylic acids is 3. The molecule has 7 heteroatoms. The van der Waals surface area contributed by atoms with Crippen LogP contribution in [0.15, 0.2) is 72.3 Å². The van der Waals surface area contributed by atoms with Crippen LogP contribution in [-0.4, -0.2) is 22.4 Å². The van der Waals surface area contributed by atoms with Gasteiger partial charge in [-0.05, 0) is 79.1 Å². The number of imide groups is 2. The summed E-state index contributed by atoms with van der Waals surface area (Å²) < 4.78 is 2.08. The SMILES string of the molecule is Cc1ccc(N2C(=O)NC(=O)/C(=C/c3cc(C)n(-c4ccc5ccccc5c4)c3C)C2=O)cc1Cl. The second kappa shape index (κ2) is 8.56. The number of fused-ring (bicyclic) bond motifs is 1. The lowest BCUT2D eigenvalue weighted by molar-refractivity contribution is -0.122. The first-order valence-electron chi connectivity index (χ1n) is 11.1. The standard InChI is InChI=1S/C28H22ClN3O3/c1-16-8-10-23(15-25(16)29)32-27(34)24(26(33)30-28(32)35)14-21-12-17(2)31(18(21)3)22-11-9-19-6-4-5-7-20(19)13-22/h4-15H,1-3H3,(H,30,33,35)/b24-14-. The number of barbiturate groups is 1. The van der Waals surface area contributed by atoms with Crippen molar-refractivity contribution in [2.24, 2.45) is 0 Å². The molecule has 4 aromatic rings. The van der Waals surface area contributed by atoms with Gasteiger partial charge < -0.3 is 4.57 Å². The maximum atomic E-state index is 13.3. The van der Waals surface area contributed by atoms with Gasteiger partial charge in [-0.1, -0.05) is 48.0 Å². The summed E-state index contributed by atoms with van der Waals surface area (Å²) in [5.74, 6) is -1.43. The summed E-state index contributed by atoms with van der Waals surface area (Å²) in [7, 11) is 0. The molecule has 0 saturated carbocycles. The van der Waals surface area contributed by atoms with Gasteiger partial charge in [0.05, 0.1) is 5.69 Å². The molecule has 1 aromatic heterocycles. The molecule has 2 heterocycles. The predicted molar refractivity (Wildman–Crippen MR) is 138 cm³/mol. The van der Waals surface area contributed by atoms with Gasteiger partial charge in [-0.15, -0.1) is 0 Å². The highest BCUT2D eigenvalue weighted by Gasteiger charge is 2.37. The number of nitrogens with zero attached hydrogens (tertiary/aromatic N) is 2. The lowest BCUT2D eigenvalue weighted by atomic mass is 10.1. The summed E-state index contributed by atoms with van der Waals surface area (Å²) in [6, 6.07) is 20.3. The van der Waals surface area contributed by atoms with Crippen molar-refractivity contribution in [2.75, 3.05) is 4.90 Å². The zero-order valence-corrected chi connectivity index (χ0v) is 20.2. The molecule has 4 amide bonds. The van der Waals surface area contributed by atoms with Crippen LogP contribution in [-0.2, 0) is 9.59 Å². The Morgan fingerprint density at radius 2 is 1.54 bits per heavy atom. The van der Waals surface area contributed by atoms with Gasteiger partial charge in [0, 0.05) is 22.1 Å². The van der Waals surface area contributed by atoms with Crippen LogP contribution in [0.25, 0.3) is 22.5 Å². The van der Waals surface area contributed by atoms with Crippen molar-refractivity contribution in [3.05, 3.63) is 99.8 Å². The minimum absolute atomic E-state index is 0.125. The average molecular weight is 484 g/mol. The smallest absolute Gasteiger partial charge is 0.318 e. The Bertz CT molecular complexity index is 1580. The summed E-state index contributed by atoms with van der Waals surface area (Å²) in [5.41, 5.74) is 4.50. The first-order chi connectivity index (χ1) is 16.7. The lowest BCUT2D eigenvalue weighted by Crippen LogP contribution is -2.54. The summed E-state index contributed by atoms with van der Waals surface area (Å²) in [6.07, 6.45) is 1.53. The van der Waals surface area contributed by atoms with E-state index >= 15 is 0 Å². The largest absolute Gasteiger partial charge is 0.335 e. The normalized spacial score (nSPS) is 15.3. The van der Waals surface area contributed by atoms with Crippen LogP contribution in [0.1, 0.15) is 22.5 Å². The number of hydrogen-bond donors (Lipinski definition) is 1. The molecular weight excluding hydrogens is 462 g/mol. The highest BCUT2D eigenvalue weighted by atomic mass is 35.5.